The molecule has 0 aromatic heterocycles. The third-order valence-electron chi connectivity index (χ3n) is 8.03. The molecule has 14 heteroatoms. The quantitative estimate of drug-likeness (QED) is 0.110. The van der Waals surface area contributed by atoms with Crippen LogP contribution in [0.5, 0.6) is 23.0 Å². The molecule has 0 aliphatic carbocycles. The van der Waals surface area contributed by atoms with Gasteiger partial charge < -0.3 is 37.9 Å². The fraction of sp³-hybridized carbons (Fsp3) is 0.150. The fourth-order valence-corrected chi connectivity index (χ4v) is 5.33. The third-order valence-corrected chi connectivity index (χ3v) is 8.03. The van der Waals surface area contributed by atoms with E-state index in [1.807, 2.05) is 0 Å². The van der Waals surface area contributed by atoms with E-state index in [0.717, 1.165) is 12.2 Å². The summed E-state index contributed by atoms with van der Waals surface area (Å²) in [5.41, 5.74) is 0.791. The average molecular weight is 735 g/mol. The van der Waals surface area contributed by atoms with Crippen LogP contribution in [-0.4, -0.2) is 73.4 Å². The highest BCUT2D eigenvalue weighted by molar-refractivity contribution is 5.93. The number of fused-ring (bicyclic) bond motifs is 1. The lowest BCUT2D eigenvalue weighted by atomic mass is 10.1. The lowest BCUT2D eigenvalue weighted by Crippen LogP contribution is -2.36. The Kier molecular flexibility index (Phi) is 11.4. The maximum absolute atomic E-state index is 12.9. The number of carbonyl (C=O) groups excluding carboxylic acids is 6. The zero-order valence-corrected chi connectivity index (χ0v) is 28.2. The molecule has 2 fully saturated rings. The van der Waals surface area contributed by atoms with E-state index in [0.29, 0.717) is 0 Å². The number of benzene rings is 4. The summed E-state index contributed by atoms with van der Waals surface area (Å²) in [5, 5.41) is 0. The maximum Gasteiger partial charge on any atom is 0.343 e. The van der Waals surface area contributed by atoms with Gasteiger partial charge in [0.15, 0.2) is 12.2 Å². The standard InChI is InChI=1S/C40H30O14/c1-3-33(41)49-27-13-5-23(6-14-27)37(43)51-29-17-9-25(10-18-29)39(45)53-31-21-47-36-32(22-48-35(31)36)54-40(46)26-11-19-30(20-12-26)52-38(44)24-7-15-28(16-8-24)50-34(42)4-2/h3-20,31-32,35-36H,1-2,21-22H2/t31-,32?,35+,36+/m0/s1. The first kappa shape index (κ1) is 36.9. The number of ether oxygens (including phenoxy) is 8. The van der Waals surface area contributed by atoms with Crippen molar-refractivity contribution in [2.75, 3.05) is 13.2 Å². The molecule has 2 heterocycles. The number of esters is 6. The lowest BCUT2D eigenvalue weighted by Gasteiger charge is -2.17. The molecule has 2 saturated heterocycles. The second-order valence-electron chi connectivity index (χ2n) is 11.6. The van der Waals surface area contributed by atoms with E-state index < -0.39 is 60.2 Å². The van der Waals surface area contributed by atoms with Gasteiger partial charge in [0.05, 0.1) is 35.5 Å². The molecule has 6 rings (SSSR count). The third kappa shape index (κ3) is 8.93. The van der Waals surface area contributed by atoms with Crippen LogP contribution in [0.25, 0.3) is 0 Å². The van der Waals surface area contributed by atoms with Gasteiger partial charge in [0, 0.05) is 12.2 Å². The molecule has 4 aromatic carbocycles. The van der Waals surface area contributed by atoms with E-state index in [1.165, 1.54) is 97.1 Å². The van der Waals surface area contributed by atoms with E-state index in [-0.39, 0.29) is 58.5 Å². The summed E-state index contributed by atoms with van der Waals surface area (Å²) in [5.74, 6) is -3.09. The van der Waals surface area contributed by atoms with Gasteiger partial charge in [-0.05, 0) is 97.1 Å². The molecule has 274 valence electrons. The summed E-state index contributed by atoms with van der Waals surface area (Å²) in [6.07, 6.45) is -0.864. The van der Waals surface area contributed by atoms with Crippen LogP contribution < -0.4 is 18.9 Å². The van der Waals surface area contributed by atoms with Crippen LogP contribution in [0.3, 0.4) is 0 Å². The normalized spacial score (nSPS) is 18.3. The predicted octanol–water partition coefficient (Wildman–Crippen LogP) is 4.86. The van der Waals surface area contributed by atoms with Gasteiger partial charge >= 0.3 is 35.8 Å². The lowest BCUT2D eigenvalue weighted by molar-refractivity contribution is -0.129. The van der Waals surface area contributed by atoms with E-state index in [9.17, 15) is 28.8 Å². The molecule has 0 saturated carbocycles. The van der Waals surface area contributed by atoms with E-state index >= 15 is 0 Å². The van der Waals surface area contributed by atoms with E-state index in [4.69, 9.17) is 37.9 Å². The molecule has 54 heavy (non-hydrogen) atoms. The van der Waals surface area contributed by atoms with Crippen LogP contribution >= 0.6 is 0 Å². The van der Waals surface area contributed by atoms with Gasteiger partial charge in [-0.25, -0.2) is 28.8 Å². The number of hydrogen-bond donors (Lipinski definition) is 0. The number of carbonyl (C=O) groups is 6. The van der Waals surface area contributed by atoms with Crippen molar-refractivity contribution < 1.29 is 66.7 Å². The molecule has 1 unspecified atom stereocenters. The molecule has 4 atom stereocenters. The molecule has 2 aliphatic heterocycles. The Labute approximate surface area is 307 Å². The Balaban J connectivity index is 0.958. The van der Waals surface area contributed by atoms with Gasteiger partial charge in [-0.2, -0.15) is 0 Å². The molecular weight excluding hydrogens is 704 g/mol. The largest absolute Gasteiger partial charge is 0.453 e. The van der Waals surface area contributed by atoms with E-state index in [1.54, 1.807) is 0 Å². The average Bonchev–Trinajstić information content (AvgIpc) is 3.78. The van der Waals surface area contributed by atoms with Crippen molar-refractivity contribution >= 4 is 35.8 Å². The summed E-state index contributed by atoms with van der Waals surface area (Å²) in [6.45, 7) is 6.67. The second-order valence-corrected chi connectivity index (χ2v) is 11.6. The Morgan fingerprint density at radius 1 is 0.444 bits per heavy atom. The molecule has 14 nitrogen and oxygen atoms in total. The van der Waals surface area contributed by atoms with Crippen LogP contribution in [0.1, 0.15) is 41.4 Å². The van der Waals surface area contributed by atoms with Gasteiger partial charge in [0.1, 0.15) is 35.2 Å². The summed E-state index contributed by atoms with van der Waals surface area (Å²) >= 11 is 0. The van der Waals surface area contributed by atoms with Crippen molar-refractivity contribution in [3.05, 3.63) is 145 Å². The van der Waals surface area contributed by atoms with Crippen LogP contribution in [0.15, 0.2) is 122 Å². The van der Waals surface area contributed by atoms with E-state index in [2.05, 4.69) is 13.2 Å². The van der Waals surface area contributed by atoms with Crippen molar-refractivity contribution in [2.24, 2.45) is 0 Å². The van der Waals surface area contributed by atoms with Crippen molar-refractivity contribution in [3.63, 3.8) is 0 Å². The smallest absolute Gasteiger partial charge is 0.343 e. The van der Waals surface area contributed by atoms with Gasteiger partial charge in [-0.15, -0.1) is 0 Å². The Morgan fingerprint density at radius 2 is 0.722 bits per heavy atom. The minimum Gasteiger partial charge on any atom is -0.453 e. The first-order valence-electron chi connectivity index (χ1n) is 16.3. The van der Waals surface area contributed by atoms with Crippen molar-refractivity contribution in [3.8, 4) is 23.0 Å². The molecule has 2 aliphatic rings. The first-order chi connectivity index (χ1) is 26.1. The molecule has 0 bridgehead atoms. The number of rotatable bonds is 12. The summed E-state index contributed by atoms with van der Waals surface area (Å²) in [7, 11) is 0. The van der Waals surface area contributed by atoms with Crippen LogP contribution in [0.4, 0.5) is 0 Å². The van der Waals surface area contributed by atoms with Gasteiger partial charge in [0.25, 0.3) is 0 Å². The SMILES string of the molecule is C=CC(=O)Oc1ccc(C(=O)Oc2ccc(C(=O)OC3CO[C@@H]4[C@@H](OC(=O)c5ccc(OC(=O)c6ccc(OC(=O)C=C)cc6)cc5)CO[C@H]34)cc2)cc1. The minimum absolute atomic E-state index is 0.0131. The Hall–Kier alpha value is -6.90. The van der Waals surface area contributed by atoms with Crippen LogP contribution in [0, 0.1) is 0 Å². The summed E-state index contributed by atoms with van der Waals surface area (Å²) in [4.78, 5) is 73.6. The van der Waals surface area contributed by atoms with Gasteiger partial charge in [-0.3, -0.25) is 0 Å². The van der Waals surface area contributed by atoms with Crippen molar-refractivity contribution in [1.29, 1.82) is 0 Å². The highest BCUT2D eigenvalue weighted by atomic mass is 16.7. The highest BCUT2D eigenvalue weighted by Crippen LogP contribution is 2.32. The predicted molar refractivity (Wildman–Crippen MR) is 185 cm³/mol. The molecular formula is C40H30O14. The highest BCUT2D eigenvalue weighted by Gasteiger charge is 2.51. The second kappa shape index (κ2) is 16.6. The minimum atomic E-state index is -0.773. The monoisotopic (exact) mass is 734 g/mol. The summed E-state index contributed by atoms with van der Waals surface area (Å²) in [6, 6.07) is 23.0. The molecule has 0 amide bonds. The Bertz CT molecular complexity index is 1920. The fourth-order valence-electron chi connectivity index (χ4n) is 5.33. The van der Waals surface area contributed by atoms with Gasteiger partial charge in [-0.1, -0.05) is 13.2 Å². The molecule has 0 spiro atoms. The molecule has 4 aromatic rings. The zero-order chi connectivity index (χ0) is 38.2. The van der Waals surface area contributed by atoms with Crippen LogP contribution in [-0.2, 0) is 28.5 Å². The topological polar surface area (TPSA) is 176 Å². The number of hydrogen-bond acceptors (Lipinski definition) is 14. The zero-order valence-electron chi connectivity index (χ0n) is 28.2. The van der Waals surface area contributed by atoms with Crippen LogP contribution in [0.2, 0.25) is 0 Å². The summed E-state index contributed by atoms with van der Waals surface area (Å²) < 4.78 is 43.6. The Morgan fingerprint density at radius 3 is 1.02 bits per heavy atom. The van der Waals surface area contributed by atoms with Crippen molar-refractivity contribution in [2.45, 2.75) is 24.4 Å². The van der Waals surface area contributed by atoms with Crippen molar-refractivity contribution in [1.82, 2.24) is 0 Å². The molecule has 0 N–H and O–H groups in total. The first-order valence-corrected chi connectivity index (χ1v) is 16.3. The molecule has 0 radical (unpaired) electrons. The maximum atomic E-state index is 12.9. The van der Waals surface area contributed by atoms with Gasteiger partial charge in [0.2, 0.25) is 0 Å².